The fraction of sp³-hybridized carbons (Fsp3) is 0.263. The highest BCUT2D eigenvalue weighted by Crippen LogP contribution is 2.26. The SMILES string of the molecule is COc1cc(C)c(S(=O)(=O)NCc2nc(-c3ccccc3C)no2)c(C)c1. The van der Waals surface area contributed by atoms with Gasteiger partial charge >= 0.3 is 0 Å². The highest BCUT2D eigenvalue weighted by molar-refractivity contribution is 7.89. The zero-order chi connectivity index (χ0) is 19.6. The van der Waals surface area contributed by atoms with Crippen LogP contribution in [0.4, 0.5) is 0 Å². The lowest BCUT2D eigenvalue weighted by atomic mass is 10.1. The van der Waals surface area contributed by atoms with Gasteiger partial charge in [-0.15, -0.1) is 0 Å². The molecule has 142 valence electrons. The number of nitrogens with one attached hydrogen (secondary N) is 1. The van der Waals surface area contributed by atoms with Gasteiger partial charge in [0.1, 0.15) is 5.75 Å². The predicted molar refractivity (Wildman–Crippen MR) is 101 cm³/mol. The van der Waals surface area contributed by atoms with Gasteiger partial charge in [-0.2, -0.15) is 4.98 Å². The fourth-order valence-electron chi connectivity index (χ4n) is 2.94. The van der Waals surface area contributed by atoms with Crippen LogP contribution in [0, 0.1) is 20.8 Å². The summed E-state index contributed by atoms with van der Waals surface area (Å²) in [5.41, 5.74) is 3.06. The van der Waals surface area contributed by atoms with Crippen LogP contribution in [0.2, 0.25) is 0 Å². The maximum Gasteiger partial charge on any atom is 0.242 e. The fourth-order valence-corrected chi connectivity index (χ4v) is 4.36. The minimum atomic E-state index is -3.74. The number of aryl methyl sites for hydroxylation is 3. The summed E-state index contributed by atoms with van der Waals surface area (Å²) < 4.78 is 38.4. The second-order valence-corrected chi connectivity index (χ2v) is 7.95. The number of hydrogen-bond donors (Lipinski definition) is 1. The molecular formula is C19H21N3O4S. The van der Waals surface area contributed by atoms with Crippen LogP contribution >= 0.6 is 0 Å². The highest BCUT2D eigenvalue weighted by Gasteiger charge is 2.21. The molecule has 0 radical (unpaired) electrons. The minimum absolute atomic E-state index is 0.0911. The van der Waals surface area contributed by atoms with Crippen LogP contribution in [0.25, 0.3) is 11.4 Å². The summed E-state index contributed by atoms with van der Waals surface area (Å²) in [5, 5.41) is 3.94. The molecule has 3 rings (SSSR count). The zero-order valence-electron chi connectivity index (χ0n) is 15.6. The molecule has 0 unspecified atom stereocenters. The molecule has 8 heteroatoms. The van der Waals surface area contributed by atoms with Crippen LogP contribution in [-0.2, 0) is 16.6 Å². The number of ether oxygens (including phenoxy) is 1. The quantitative estimate of drug-likeness (QED) is 0.698. The van der Waals surface area contributed by atoms with Gasteiger partial charge in [0.25, 0.3) is 0 Å². The molecular weight excluding hydrogens is 366 g/mol. The molecule has 3 aromatic rings. The third-order valence-corrected chi connectivity index (χ3v) is 5.91. The lowest BCUT2D eigenvalue weighted by Gasteiger charge is -2.12. The standard InChI is InChI=1S/C19H21N3O4S/c1-12-7-5-6-8-16(12)19-21-17(26-22-19)11-20-27(23,24)18-13(2)9-15(25-4)10-14(18)3/h5-10,20H,11H2,1-4H3. The third-order valence-electron chi connectivity index (χ3n) is 4.21. The number of sulfonamides is 1. The van der Waals surface area contributed by atoms with E-state index in [0.717, 1.165) is 11.1 Å². The van der Waals surface area contributed by atoms with Gasteiger partial charge < -0.3 is 9.26 Å². The van der Waals surface area contributed by atoms with E-state index in [9.17, 15) is 8.42 Å². The van der Waals surface area contributed by atoms with E-state index in [1.54, 1.807) is 33.1 Å². The number of methoxy groups -OCH3 is 1. The first-order chi connectivity index (χ1) is 12.8. The van der Waals surface area contributed by atoms with Gasteiger partial charge in [-0.3, -0.25) is 0 Å². The van der Waals surface area contributed by atoms with Gasteiger partial charge in [0.15, 0.2) is 0 Å². The first-order valence-electron chi connectivity index (χ1n) is 8.35. The van der Waals surface area contributed by atoms with Gasteiger partial charge in [-0.05, 0) is 49.6 Å². The minimum Gasteiger partial charge on any atom is -0.497 e. The molecule has 0 spiro atoms. The Labute approximate surface area is 158 Å². The van der Waals surface area contributed by atoms with Crippen LogP contribution in [0.5, 0.6) is 5.75 Å². The molecule has 1 aromatic heterocycles. The molecule has 2 aromatic carbocycles. The van der Waals surface area contributed by atoms with Crippen molar-refractivity contribution in [2.75, 3.05) is 7.11 Å². The van der Waals surface area contributed by atoms with E-state index in [4.69, 9.17) is 9.26 Å². The van der Waals surface area contributed by atoms with Crippen LogP contribution < -0.4 is 9.46 Å². The lowest BCUT2D eigenvalue weighted by Crippen LogP contribution is -2.25. The van der Waals surface area contributed by atoms with E-state index in [1.807, 2.05) is 31.2 Å². The van der Waals surface area contributed by atoms with E-state index in [2.05, 4.69) is 14.9 Å². The summed E-state index contributed by atoms with van der Waals surface area (Å²) in [7, 11) is -2.20. The van der Waals surface area contributed by atoms with Gasteiger partial charge in [-0.25, -0.2) is 13.1 Å². The first-order valence-corrected chi connectivity index (χ1v) is 9.83. The predicted octanol–water partition coefficient (Wildman–Crippen LogP) is 3.15. The Hall–Kier alpha value is -2.71. The lowest BCUT2D eigenvalue weighted by molar-refractivity contribution is 0.376. The van der Waals surface area contributed by atoms with Crippen LogP contribution in [0.3, 0.4) is 0 Å². The molecule has 0 saturated heterocycles. The Morgan fingerprint density at radius 2 is 1.74 bits per heavy atom. The molecule has 0 saturated carbocycles. The van der Waals surface area contributed by atoms with E-state index in [0.29, 0.717) is 22.7 Å². The first kappa shape index (κ1) is 19.1. The number of nitrogens with zero attached hydrogens (tertiary/aromatic N) is 2. The Bertz CT molecular complexity index is 1050. The largest absolute Gasteiger partial charge is 0.497 e. The molecule has 0 bridgehead atoms. The summed E-state index contributed by atoms with van der Waals surface area (Å²) in [4.78, 5) is 4.51. The van der Waals surface area contributed by atoms with Crippen LogP contribution in [0.1, 0.15) is 22.6 Å². The molecule has 27 heavy (non-hydrogen) atoms. The molecule has 7 nitrogen and oxygen atoms in total. The van der Waals surface area contributed by atoms with Crippen molar-refractivity contribution in [3.8, 4) is 17.1 Å². The van der Waals surface area contributed by atoms with E-state index < -0.39 is 10.0 Å². The smallest absolute Gasteiger partial charge is 0.242 e. The van der Waals surface area contributed by atoms with Crippen molar-refractivity contribution in [2.45, 2.75) is 32.2 Å². The average Bonchev–Trinajstić information content (AvgIpc) is 3.08. The summed E-state index contributed by atoms with van der Waals surface area (Å²) in [6.45, 7) is 5.32. The summed E-state index contributed by atoms with van der Waals surface area (Å²) >= 11 is 0. The number of rotatable bonds is 6. The van der Waals surface area contributed by atoms with E-state index in [1.165, 1.54) is 0 Å². The molecule has 0 atom stereocenters. The van der Waals surface area contributed by atoms with Crippen LogP contribution in [0.15, 0.2) is 45.8 Å². The summed E-state index contributed by atoms with van der Waals surface area (Å²) in [6.07, 6.45) is 0. The second kappa shape index (κ2) is 7.50. The maximum atomic E-state index is 12.7. The number of aromatic nitrogens is 2. The van der Waals surface area contributed by atoms with E-state index >= 15 is 0 Å². The Morgan fingerprint density at radius 1 is 1.07 bits per heavy atom. The van der Waals surface area contributed by atoms with Gasteiger partial charge in [0.2, 0.25) is 21.7 Å². The monoisotopic (exact) mass is 387 g/mol. The molecule has 0 aliphatic heterocycles. The van der Waals surface area contributed by atoms with Crippen molar-refractivity contribution in [2.24, 2.45) is 0 Å². The summed E-state index contributed by atoms with van der Waals surface area (Å²) in [6, 6.07) is 11.0. The molecule has 0 aliphatic carbocycles. The number of hydrogen-bond acceptors (Lipinski definition) is 6. The van der Waals surface area contributed by atoms with Crippen molar-refractivity contribution in [1.29, 1.82) is 0 Å². The zero-order valence-corrected chi connectivity index (χ0v) is 16.4. The molecule has 0 amide bonds. The Balaban J connectivity index is 1.80. The van der Waals surface area contributed by atoms with Gasteiger partial charge in [-0.1, -0.05) is 29.4 Å². The van der Waals surface area contributed by atoms with Crippen molar-refractivity contribution < 1.29 is 17.7 Å². The van der Waals surface area contributed by atoms with Gasteiger partial charge in [0.05, 0.1) is 18.6 Å². The Kier molecular flexibility index (Phi) is 5.29. The average molecular weight is 387 g/mol. The summed E-state index contributed by atoms with van der Waals surface area (Å²) in [5.74, 6) is 1.24. The molecule has 1 heterocycles. The topological polar surface area (TPSA) is 94.3 Å². The third kappa shape index (κ3) is 4.01. The second-order valence-electron chi connectivity index (χ2n) is 6.24. The van der Waals surface area contributed by atoms with Crippen molar-refractivity contribution in [3.63, 3.8) is 0 Å². The normalized spacial score (nSPS) is 11.6. The van der Waals surface area contributed by atoms with Gasteiger partial charge in [0, 0.05) is 5.56 Å². The van der Waals surface area contributed by atoms with Crippen molar-refractivity contribution in [1.82, 2.24) is 14.9 Å². The molecule has 0 aliphatic rings. The van der Waals surface area contributed by atoms with Crippen LogP contribution in [-0.4, -0.2) is 25.7 Å². The molecule has 1 N–H and O–H groups in total. The number of benzene rings is 2. The van der Waals surface area contributed by atoms with Crippen molar-refractivity contribution in [3.05, 3.63) is 59.0 Å². The Morgan fingerprint density at radius 3 is 2.37 bits per heavy atom. The van der Waals surface area contributed by atoms with E-state index in [-0.39, 0.29) is 17.3 Å². The van der Waals surface area contributed by atoms with Crippen molar-refractivity contribution >= 4 is 10.0 Å². The molecule has 0 fully saturated rings. The highest BCUT2D eigenvalue weighted by atomic mass is 32.2. The maximum absolute atomic E-state index is 12.7.